The average Bonchev–Trinajstić information content (AvgIpc) is 2.43. The van der Waals surface area contributed by atoms with E-state index >= 15 is 0 Å². The number of hydrogen-bond donors (Lipinski definition) is 0. The van der Waals surface area contributed by atoms with Gasteiger partial charge in [0.2, 0.25) is 0 Å². The third-order valence-electron chi connectivity index (χ3n) is 2.50. The van der Waals surface area contributed by atoms with E-state index in [-0.39, 0.29) is 0 Å². The molecule has 0 saturated heterocycles. The molecule has 0 aliphatic carbocycles. The molecule has 0 aromatic heterocycles. The highest BCUT2D eigenvalue weighted by atomic mass is 16.5. The van der Waals surface area contributed by atoms with Crippen molar-refractivity contribution in [3.8, 4) is 0 Å². The Balaban J connectivity index is 2.88. The zero-order chi connectivity index (χ0) is 14.0. The lowest BCUT2D eigenvalue weighted by molar-refractivity contribution is 0.0374. The van der Waals surface area contributed by atoms with Crippen molar-refractivity contribution >= 4 is 0 Å². The zero-order valence-corrected chi connectivity index (χ0v) is 12.7. The van der Waals surface area contributed by atoms with Gasteiger partial charge in [-0.25, -0.2) is 0 Å². The van der Waals surface area contributed by atoms with E-state index < -0.39 is 0 Å². The maximum absolute atomic E-state index is 5.38. The number of unbranched alkanes of at least 4 members (excludes halogenated alkanes) is 2. The molecule has 0 bridgehead atoms. The summed E-state index contributed by atoms with van der Waals surface area (Å²) in [4.78, 5) is 0. The van der Waals surface area contributed by atoms with Gasteiger partial charge in [0.05, 0.1) is 39.6 Å². The second kappa shape index (κ2) is 17.8. The van der Waals surface area contributed by atoms with Gasteiger partial charge in [-0.2, -0.15) is 0 Å². The highest BCUT2D eigenvalue weighted by Crippen LogP contribution is 1.90. The Bertz CT molecular complexity index is 137. The lowest BCUT2D eigenvalue weighted by Crippen LogP contribution is -2.10. The smallest absolute Gasteiger partial charge is 0.0700 e. The van der Waals surface area contributed by atoms with Crippen molar-refractivity contribution in [3.05, 3.63) is 6.42 Å². The van der Waals surface area contributed by atoms with Gasteiger partial charge in [-0.3, -0.25) is 0 Å². The first-order chi connectivity index (χ1) is 9.41. The molecule has 0 aromatic carbocycles. The summed E-state index contributed by atoms with van der Waals surface area (Å²) in [5.41, 5.74) is 0. The van der Waals surface area contributed by atoms with E-state index in [1.165, 1.54) is 12.8 Å². The molecule has 0 rings (SSSR count). The molecule has 0 aliphatic rings. The molecular formula is C15H31O4. The van der Waals surface area contributed by atoms with Crippen LogP contribution in [0.5, 0.6) is 0 Å². The summed E-state index contributed by atoms with van der Waals surface area (Å²) in [7, 11) is 0. The molecule has 0 amide bonds. The summed E-state index contributed by atoms with van der Waals surface area (Å²) < 4.78 is 21.5. The van der Waals surface area contributed by atoms with E-state index in [4.69, 9.17) is 18.9 Å². The molecule has 0 spiro atoms. The largest absolute Gasteiger partial charge is 0.379 e. The topological polar surface area (TPSA) is 36.9 Å². The molecule has 4 heteroatoms. The van der Waals surface area contributed by atoms with Crippen LogP contribution >= 0.6 is 0 Å². The fourth-order valence-corrected chi connectivity index (χ4v) is 1.31. The van der Waals surface area contributed by atoms with Gasteiger partial charge in [0.15, 0.2) is 0 Å². The minimum absolute atomic E-state index is 0.619. The third kappa shape index (κ3) is 17.8. The van der Waals surface area contributed by atoms with Crippen LogP contribution in [-0.2, 0) is 18.9 Å². The first-order valence-electron chi connectivity index (χ1n) is 7.54. The van der Waals surface area contributed by atoms with Crippen molar-refractivity contribution in [1.29, 1.82) is 0 Å². The number of hydrogen-bond acceptors (Lipinski definition) is 4. The number of ether oxygens (including phenoxy) is 4. The Hall–Kier alpha value is -0.160. The van der Waals surface area contributed by atoms with Crippen molar-refractivity contribution in [2.24, 2.45) is 0 Å². The molecule has 0 saturated carbocycles. The number of rotatable bonds is 16. The summed E-state index contributed by atoms with van der Waals surface area (Å²) in [5.74, 6) is 0. The van der Waals surface area contributed by atoms with Gasteiger partial charge in [-0.05, 0) is 12.8 Å². The highest BCUT2D eigenvalue weighted by Gasteiger charge is 1.93. The molecular weight excluding hydrogens is 244 g/mol. The molecule has 0 unspecified atom stereocenters. The minimum atomic E-state index is 0.619. The van der Waals surface area contributed by atoms with E-state index in [0.717, 1.165) is 26.1 Å². The summed E-state index contributed by atoms with van der Waals surface area (Å²) in [6.45, 7) is 9.89. The van der Waals surface area contributed by atoms with Gasteiger partial charge < -0.3 is 18.9 Å². The minimum Gasteiger partial charge on any atom is -0.379 e. The molecule has 4 nitrogen and oxygen atoms in total. The summed E-state index contributed by atoms with van der Waals surface area (Å²) in [6.07, 6.45) is 6.58. The van der Waals surface area contributed by atoms with Gasteiger partial charge in [0, 0.05) is 19.6 Å². The van der Waals surface area contributed by atoms with Gasteiger partial charge in [-0.1, -0.05) is 26.7 Å². The molecule has 0 aromatic rings. The quantitative estimate of drug-likeness (QED) is 0.406. The molecule has 0 heterocycles. The molecule has 0 atom stereocenters. The first-order valence-corrected chi connectivity index (χ1v) is 7.54. The molecule has 19 heavy (non-hydrogen) atoms. The normalized spacial score (nSPS) is 11.1. The SMILES string of the molecule is CCCCOCCOC[CH]COCCOCCCC. The molecule has 1 radical (unpaired) electrons. The first kappa shape index (κ1) is 18.8. The summed E-state index contributed by atoms with van der Waals surface area (Å²) in [5, 5.41) is 0. The maximum Gasteiger partial charge on any atom is 0.0700 e. The summed E-state index contributed by atoms with van der Waals surface area (Å²) in [6, 6.07) is 0. The molecule has 0 aliphatic heterocycles. The van der Waals surface area contributed by atoms with Crippen LogP contribution in [0.15, 0.2) is 0 Å². The van der Waals surface area contributed by atoms with Crippen LogP contribution in [0.4, 0.5) is 0 Å². The van der Waals surface area contributed by atoms with Crippen molar-refractivity contribution in [1.82, 2.24) is 0 Å². The fraction of sp³-hybridized carbons (Fsp3) is 0.933. The Labute approximate surface area is 118 Å². The van der Waals surface area contributed by atoms with Crippen molar-refractivity contribution in [2.45, 2.75) is 39.5 Å². The summed E-state index contributed by atoms with van der Waals surface area (Å²) >= 11 is 0. The van der Waals surface area contributed by atoms with Gasteiger partial charge >= 0.3 is 0 Å². The Morgan fingerprint density at radius 3 is 1.42 bits per heavy atom. The second-order valence-electron chi connectivity index (χ2n) is 4.37. The maximum atomic E-state index is 5.38. The monoisotopic (exact) mass is 275 g/mol. The van der Waals surface area contributed by atoms with E-state index in [0.29, 0.717) is 39.6 Å². The fourth-order valence-electron chi connectivity index (χ4n) is 1.31. The van der Waals surface area contributed by atoms with Crippen molar-refractivity contribution < 1.29 is 18.9 Å². The van der Waals surface area contributed by atoms with E-state index in [1.807, 2.05) is 6.42 Å². The lowest BCUT2D eigenvalue weighted by Gasteiger charge is -2.06. The van der Waals surface area contributed by atoms with Crippen LogP contribution in [0.25, 0.3) is 0 Å². The van der Waals surface area contributed by atoms with Crippen molar-refractivity contribution in [3.63, 3.8) is 0 Å². The van der Waals surface area contributed by atoms with Crippen LogP contribution in [0, 0.1) is 6.42 Å². The van der Waals surface area contributed by atoms with Crippen LogP contribution in [-0.4, -0.2) is 52.9 Å². The molecule has 0 N–H and O–H groups in total. The van der Waals surface area contributed by atoms with Crippen molar-refractivity contribution in [2.75, 3.05) is 52.9 Å². The zero-order valence-electron chi connectivity index (χ0n) is 12.7. The van der Waals surface area contributed by atoms with Gasteiger partial charge in [-0.15, -0.1) is 0 Å². The Kier molecular flexibility index (Phi) is 17.7. The molecule has 115 valence electrons. The highest BCUT2D eigenvalue weighted by molar-refractivity contribution is 4.61. The van der Waals surface area contributed by atoms with E-state index in [2.05, 4.69) is 13.8 Å². The predicted octanol–water partition coefficient (Wildman–Crippen LogP) is 2.86. The van der Waals surface area contributed by atoms with Crippen LogP contribution in [0.2, 0.25) is 0 Å². The molecule has 0 fully saturated rings. The predicted molar refractivity (Wildman–Crippen MR) is 77.4 cm³/mol. The van der Waals surface area contributed by atoms with E-state index in [1.54, 1.807) is 0 Å². The van der Waals surface area contributed by atoms with Gasteiger partial charge in [0.25, 0.3) is 0 Å². The van der Waals surface area contributed by atoms with Crippen LogP contribution < -0.4 is 0 Å². The standard InChI is InChI=1S/C15H31O4/c1-3-5-8-16-12-14-18-10-7-11-19-15-13-17-9-6-4-2/h7H,3-6,8-15H2,1-2H3. The average molecular weight is 275 g/mol. The van der Waals surface area contributed by atoms with Gasteiger partial charge in [0.1, 0.15) is 0 Å². The lowest BCUT2D eigenvalue weighted by atomic mass is 10.4. The van der Waals surface area contributed by atoms with Crippen LogP contribution in [0.3, 0.4) is 0 Å². The Morgan fingerprint density at radius 1 is 0.579 bits per heavy atom. The van der Waals surface area contributed by atoms with E-state index in [9.17, 15) is 0 Å². The second-order valence-corrected chi connectivity index (χ2v) is 4.37. The Morgan fingerprint density at radius 2 is 1.00 bits per heavy atom. The van der Waals surface area contributed by atoms with Crippen LogP contribution in [0.1, 0.15) is 39.5 Å². The third-order valence-corrected chi connectivity index (χ3v) is 2.50.